The fourth-order valence-corrected chi connectivity index (χ4v) is 3.51. The molecule has 2 aliphatic heterocycles. The van der Waals surface area contributed by atoms with Crippen LogP contribution in [0, 0.1) is 0 Å². The van der Waals surface area contributed by atoms with Crippen molar-refractivity contribution in [2.75, 3.05) is 32.2 Å². The van der Waals surface area contributed by atoms with E-state index in [-0.39, 0.29) is 17.2 Å². The van der Waals surface area contributed by atoms with Crippen LogP contribution < -0.4 is 25.4 Å². The largest absolute Gasteiger partial charge is 0.493 e. The van der Waals surface area contributed by atoms with Crippen LogP contribution in [0.15, 0.2) is 17.0 Å². The molecule has 0 radical (unpaired) electrons. The molecule has 0 unspecified atom stereocenters. The topological polar surface area (TPSA) is 93.9 Å². The quantitative estimate of drug-likeness (QED) is 0.797. The average Bonchev–Trinajstić information content (AvgIpc) is 3.12. The van der Waals surface area contributed by atoms with E-state index in [9.17, 15) is 9.59 Å². The first kappa shape index (κ1) is 16.7. The molecule has 3 rings (SSSR count). The summed E-state index contributed by atoms with van der Waals surface area (Å²) in [6, 6.07) is 3.80. The minimum Gasteiger partial charge on any atom is -0.493 e. The summed E-state index contributed by atoms with van der Waals surface area (Å²) in [6.07, 6.45) is 2.60. The number of amides is 2. The van der Waals surface area contributed by atoms with Crippen LogP contribution in [0.2, 0.25) is 0 Å². The number of carbonyl (C=O) groups is 2. The molecule has 0 aromatic heterocycles. The third kappa shape index (κ3) is 3.20. The van der Waals surface area contributed by atoms with Crippen LogP contribution in [0.25, 0.3) is 6.08 Å². The summed E-state index contributed by atoms with van der Waals surface area (Å²) in [4.78, 5) is 25.7. The zero-order valence-electron chi connectivity index (χ0n) is 13.5. The van der Waals surface area contributed by atoms with Gasteiger partial charge in [0.15, 0.2) is 11.5 Å². The molecule has 1 aromatic carbocycles. The molecule has 1 atom stereocenters. The van der Waals surface area contributed by atoms with Crippen molar-refractivity contribution >= 4 is 34.7 Å². The number of benzene rings is 1. The lowest BCUT2D eigenvalue weighted by atomic mass is 10.1. The predicted molar refractivity (Wildman–Crippen MR) is 93.5 cm³/mol. The average molecular weight is 349 g/mol. The summed E-state index contributed by atoms with van der Waals surface area (Å²) >= 11 is 0.890. The molecule has 0 aliphatic carbocycles. The highest BCUT2D eigenvalue weighted by atomic mass is 32.2. The van der Waals surface area contributed by atoms with Crippen molar-refractivity contribution in [3.05, 3.63) is 22.6 Å². The molecular weight excluding hydrogens is 330 g/mol. The lowest BCUT2D eigenvalue weighted by Crippen LogP contribution is -2.26. The Labute approximate surface area is 144 Å². The number of imide groups is 1. The minimum atomic E-state index is -0.385. The van der Waals surface area contributed by atoms with Crippen molar-refractivity contribution in [1.29, 1.82) is 0 Å². The number of methoxy groups -OCH3 is 2. The second-order valence-corrected chi connectivity index (χ2v) is 6.63. The number of ether oxygens (including phenoxy) is 2. The molecular formula is C16H19N3O4S. The normalized spacial score (nSPS) is 22.2. The number of hydrogen-bond donors (Lipinski definition) is 2. The standard InChI is InChI=1S/C16H19N3O4S/c1-22-12-5-9(6-14-15(20)18-16(21)24-14)11(7-13(12)23-2)19-4-3-10(17)8-19/h5-7,10H,3-4,8,17H2,1-2H3,(H,18,20,21)/t10-/m0/s1. The predicted octanol–water partition coefficient (Wildman–Crippen LogP) is 1.57. The number of nitrogens with zero attached hydrogens (tertiary/aromatic N) is 1. The van der Waals surface area contributed by atoms with Crippen molar-refractivity contribution < 1.29 is 19.1 Å². The molecule has 2 amide bonds. The van der Waals surface area contributed by atoms with Crippen molar-refractivity contribution in [3.63, 3.8) is 0 Å². The molecule has 1 aromatic rings. The Morgan fingerprint density at radius 1 is 1.29 bits per heavy atom. The molecule has 2 heterocycles. The second-order valence-electron chi connectivity index (χ2n) is 5.61. The van der Waals surface area contributed by atoms with Gasteiger partial charge in [-0.15, -0.1) is 0 Å². The second kappa shape index (κ2) is 6.74. The minimum absolute atomic E-state index is 0.115. The zero-order chi connectivity index (χ0) is 17.3. The Hall–Kier alpha value is -2.19. The van der Waals surface area contributed by atoms with Crippen LogP contribution in [0.3, 0.4) is 0 Å². The Kier molecular flexibility index (Phi) is 4.68. The van der Waals surface area contributed by atoms with Gasteiger partial charge in [-0.25, -0.2) is 0 Å². The van der Waals surface area contributed by atoms with Crippen LogP contribution in [0.4, 0.5) is 10.5 Å². The fourth-order valence-electron chi connectivity index (χ4n) is 2.84. The Bertz CT molecular complexity index is 720. The van der Waals surface area contributed by atoms with E-state index >= 15 is 0 Å². The number of nitrogens with two attached hydrogens (primary N) is 1. The molecule has 24 heavy (non-hydrogen) atoms. The van der Waals surface area contributed by atoms with Gasteiger partial charge in [-0.05, 0) is 30.3 Å². The first-order valence-corrected chi connectivity index (χ1v) is 8.35. The van der Waals surface area contributed by atoms with Gasteiger partial charge in [0.25, 0.3) is 11.1 Å². The third-order valence-corrected chi connectivity index (χ3v) is 4.84. The third-order valence-electron chi connectivity index (χ3n) is 4.03. The van der Waals surface area contributed by atoms with E-state index in [4.69, 9.17) is 15.2 Å². The summed E-state index contributed by atoms with van der Waals surface area (Å²) < 4.78 is 10.7. The summed E-state index contributed by atoms with van der Waals surface area (Å²) in [5, 5.41) is 1.90. The van der Waals surface area contributed by atoms with Crippen LogP contribution in [0.5, 0.6) is 11.5 Å². The highest BCUT2D eigenvalue weighted by Crippen LogP contribution is 2.38. The molecule has 2 saturated heterocycles. The molecule has 0 saturated carbocycles. The summed E-state index contributed by atoms with van der Waals surface area (Å²) in [5.41, 5.74) is 7.71. The van der Waals surface area contributed by atoms with Crippen LogP contribution in [-0.2, 0) is 4.79 Å². The van der Waals surface area contributed by atoms with E-state index in [1.54, 1.807) is 20.3 Å². The van der Waals surface area contributed by atoms with Crippen molar-refractivity contribution in [1.82, 2.24) is 5.32 Å². The maximum atomic E-state index is 11.8. The van der Waals surface area contributed by atoms with Crippen LogP contribution in [-0.4, -0.2) is 44.5 Å². The van der Waals surface area contributed by atoms with E-state index < -0.39 is 0 Å². The van der Waals surface area contributed by atoms with Gasteiger partial charge in [-0.3, -0.25) is 14.9 Å². The number of hydrogen-bond acceptors (Lipinski definition) is 7. The van der Waals surface area contributed by atoms with E-state index in [0.717, 1.165) is 42.5 Å². The highest BCUT2D eigenvalue weighted by molar-refractivity contribution is 8.18. The van der Waals surface area contributed by atoms with Gasteiger partial charge in [0.1, 0.15) is 0 Å². The van der Waals surface area contributed by atoms with Crippen molar-refractivity contribution in [2.24, 2.45) is 5.73 Å². The van der Waals surface area contributed by atoms with E-state index in [1.165, 1.54) is 0 Å². The highest BCUT2D eigenvalue weighted by Gasteiger charge is 2.27. The number of rotatable bonds is 4. The smallest absolute Gasteiger partial charge is 0.290 e. The first-order valence-electron chi connectivity index (χ1n) is 7.53. The fraction of sp³-hybridized carbons (Fsp3) is 0.375. The Balaban J connectivity index is 2.06. The van der Waals surface area contributed by atoms with Gasteiger partial charge in [-0.2, -0.15) is 0 Å². The van der Waals surface area contributed by atoms with Crippen LogP contribution in [0.1, 0.15) is 12.0 Å². The van der Waals surface area contributed by atoms with Crippen molar-refractivity contribution in [2.45, 2.75) is 12.5 Å². The van der Waals surface area contributed by atoms with Crippen LogP contribution >= 0.6 is 11.8 Å². The SMILES string of the molecule is COc1cc(C=C2SC(=O)NC2=O)c(N2CC[C@H](N)C2)cc1OC. The van der Waals surface area contributed by atoms with E-state index in [1.807, 2.05) is 12.1 Å². The van der Waals surface area contributed by atoms with Gasteiger partial charge < -0.3 is 20.1 Å². The maximum Gasteiger partial charge on any atom is 0.290 e. The molecule has 2 fully saturated rings. The molecule has 2 aliphatic rings. The monoisotopic (exact) mass is 349 g/mol. The van der Waals surface area contributed by atoms with E-state index in [0.29, 0.717) is 16.4 Å². The Morgan fingerprint density at radius 2 is 2.00 bits per heavy atom. The van der Waals surface area contributed by atoms with Gasteiger partial charge in [0, 0.05) is 36.4 Å². The first-order chi connectivity index (χ1) is 11.5. The van der Waals surface area contributed by atoms with Gasteiger partial charge in [0.05, 0.1) is 19.1 Å². The molecule has 0 spiro atoms. The maximum absolute atomic E-state index is 11.8. The Morgan fingerprint density at radius 3 is 2.54 bits per heavy atom. The van der Waals surface area contributed by atoms with Gasteiger partial charge in [-0.1, -0.05) is 0 Å². The summed E-state index contributed by atoms with van der Waals surface area (Å²) in [5.74, 6) is 0.782. The molecule has 128 valence electrons. The lowest BCUT2D eigenvalue weighted by Gasteiger charge is -2.22. The molecule has 0 bridgehead atoms. The zero-order valence-corrected chi connectivity index (χ0v) is 14.3. The number of nitrogens with one attached hydrogen (secondary N) is 1. The summed E-state index contributed by atoms with van der Waals surface area (Å²) in [6.45, 7) is 1.55. The van der Waals surface area contributed by atoms with Gasteiger partial charge in [0.2, 0.25) is 0 Å². The number of anilines is 1. The molecule has 7 nitrogen and oxygen atoms in total. The number of thioether (sulfide) groups is 1. The summed E-state index contributed by atoms with van der Waals surface area (Å²) in [7, 11) is 3.13. The van der Waals surface area contributed by atoms with E-state index in [2.05, 4.69) is 10.2 Å². The molecule has 8 heteroatoms. The molecule has 3 N–H and O–H groups in total. The lowest BCUT2D eigenvalue weighted by molar-refractivity contribution is -0.115. The van der Waals surface area contributed by atoms with Crippen molar-refractivity contribution in [3.8, 4) is 11.5 Å². The number of carbonyl (C=O) groups excluding carboxylic acids is 2. The van der Waals surface area contributed by atoms with Gasteiger partial charge >= 0.3 is 0 Å².